The number of nitrogens with zero attached hydrogens (tertiary/aromatic N) is 3. The first kappa shape index (κ1) is 26.3. The second-order valence-corrected chi connectivity index (χ2v) is 15.3. The van der Waals surface area contributed by atoms with E-state index in [-0.39, 0.29) is 5.78 Å². The van der Waals surface area contributed by atoms with Crippen molar-refractivity contribution in [2.24, 2.45) is 11.8 Å². The van der Waals surface area contributed by atoms with Crippen LogP contribution >= 0.6 is 66.3 Å². The zero-order chi connectivity index (χ0) is 25.6. The summed E-state index contributed by atoms with van der Waals surface area (Å²) in [5, 5.41) is 0. The smallest absolute Gasteiger partial charge is 0.290 e. The van der Waals surface area contributed by atoms with Crippen molar-refractivity contribution in [2.75, 3.05) is 0 Å². The molecule has 0 aromatic carbocycles. The third-order valence-corrected chi connectivity index (χ3v) is 10.7. The number of halogens is 2. The number of carbonyl (C=O) groups excluding carboxylic acids is 1. The normalized spacial score (nSPS) is 18.4. The summed E-state index contributed by atoms with van der Waals surface area (Å²) in [5.41, 5.74) is 3.62. The molecule has 0 bridgehead atoms. The average Bonchev–Trinajstić information content (AvgIpc) is 3.60. The van der Waals surface area contributed by atoms with Crippen molar-refractivity contribution in [2.45, 2.75) is 58.8 Å². The molecule has 0 fully saturated rings. The van der Waals surface area contributed by atoms with Gasteiger partial charge >= 0.3 is 0 Å². The monoisotopic (exact) mass is 666 g/mol. The van der Waals surface area contributed by atoms with E-state index in [2.05, 4.69) is 61.4 Å². The van der Waals surface area contributed by atoms with Crippen molar-refractivity contribution in [1.29, 1.82) is 0 Å². The fraction of sp³-hybridized carbons (Fsp3) is 0.423. The number of allylic oxidation sites excluding steroid dienone is 3. The van der Waals surface area contributed by atoms with Gasteiger partial charge in [-0.25, -0.2) is 0 Å². The fourth-order valence-electron chi connectivity index (χ4n) is 4.96. The van der Waals surface area contributed by atoms with Gasteiger partial charge in [-0.3, -0.25) is 4.79 Å². The minimum absolute atomic E-state index is 0.0477. The lowest BCUT2D eigenvalue weighted by molar-refractivity contribution is -0.397. The number of aromatic nitrogens is 2. The lowest BCUT2D eigenvalue weighted by Gasteiger charge is -2.20. The standard InChI is InChI=1S/C26H26Br2N3O2S3/c1-13(2)5-4-6-14(3)7-8-15-20-22(25(31(15)33)17-10-12-19(28)35-17)24-23(29-36-30-24)21(26(20)32)16-9-11-18(27)34-16/h9-14,21H,4-8H2,1-3H3/q+1. The topological polar surface area (TPSA) is 62.9 Å². The maximum Gasteiger partial charge on any atom is 0.290 e. The molecule has 4 heterocycles. The van der Waals surface area contributed by atoms with Crippen LogP contribution in [0.4, 0.5) is 0 Å². The summed E-state index contributed by atoms with van der Waals surface area (Å²) in [7, 11) is 0. The third kappa shape index (κ3) is 4.91. The number of Topliss-reactive ketones (excluding diaryl/α,β-unsaturated/α-hetero) is 1. The number of fused-ring (bicyclic) bond motifs is 3. The predicted octanol–water partition coefficient (Wildman–Crippen LogP) is 9.06. The summed E-state index contributed by atoms with van der Waals surface area (Å²) in [6.45, 7) is 6.75. The van der Waals surface area contributed by atoms with Gasteiger partial charge in [0, 0.05) is 16.2 Å². The molecule has 2 unspecified atom stereocenters. The lowest BCUT2D eigenvalue weighted by Crippen LogP contribution is -2.23. The second-order valence-electron chi connectivity index (χ2n) is 9.85. The molecule has 0 spiro atoms. The van der Waals surface area contributed by atoms with Crippen LogP contribution in [0.25, 0.3) is 11.3 Å². The molecular formula is C26H26Br2N3O2S3+. The molecule has 5 rings (SSSR count). The molecule has 0 saturated carbocycles. The first-order valence-electron chi connectivity index (χ1n) is 12.1. The summed E-state index contributed by atoms with van der Waals surface area (Å²) in [6, 6.07) is 7.79. The Morgan fingerprint density at radius 3 is 2.39 bits per heavy atom. The average molecular weight is 669 g/mol. The highest BCUT2D eigenvalue weighted by molar-refractivity contribution is 9.11. The minimum Gasteiger partial charge on any atom is -0.293 e. The van der Waals surface area contributed by atoms with Crippen molar-refractivity contribution in [3.05, 3.63) is 69.2 Å². The summed E-state index contributed by atoms with van der Waals surface area (Å²) in [6.07, 6.45) is 4.97. The SMILES string of the molecule is CC(C)CCCC(C)CCC1=C2C(=O)C(c3ccc(Br)s3)c3nsnc3C2=C(c2ccc(Br)s2)[N+]1=O. The molecule has 2 atom stereocenters. The van der Waals surface area contributed by atoms with Gasteiger partial charge in [0.2, 0.25) is 0 Å². The largest absolute Gasteiger partial charge is 0.293 e. The van der Waals surface area contributed by atoms with Crippen molar-refractivity contribution >= 4 is 83.3 Å². The highest BCUT2D eigenvalue weighted by Crippen LogP contribution is 2.52. The minimum atomic E-state index is -0.532. The molecule has 2 aliphatic rings. The Hall–Kier alpha value is -1.33. The van der Waals surface area contributed by atoms with Crippen LogP contribution in [0.1, 0.15) is 79.9 Å². The molecule has 5 nitrogen and oxygen atoms in total. The molecule has 0 N–H and O–H groups in total. The van der Waals surface area contributed by atoms with E-state index in [9.17, 15) is 9.70 Å². The van der Waals surface area contributed by atoms with Gasteiger partial charge in [0.15, 0.2) is 5.78 Å². The Labute approximate surface area is 239 Å². The molecular weight excluding hydrogens is 642 g/mol. The van der Waals surface area contributed by atoms with Crippen molar-refractivity contribution in [3.8, 4) is 0 Å². The molecule has 3 aromatic heterocycles. The van der Waals surface area contributed by atoms with Gasteiger partial charge in [0.05, 0.1) is 35.3 Å². The van der Waals surface area contributed by atoms with E-state index in [1.165, 1.54) is 35.5 Å². The van der Waals surface area contributed by atoms with Gasteiger partial charge in [-0.1, -0.05) is 40.0 Å². The van der Waals surface area contributed by atoms with E-state index >= 15 is 0 Å². The molecule has 188 valence electrons. The molecule has 3 aromatic rings. The van der Waals surface area contributed by atoms with E-state index in [0.717, 1.165) is 46.7 Å². The van der Waals surface area contributed by atoms with E-state index in [0.29, 0.717) is 52.2 Å². The Balaban J connectivity index is 1.57. The number of carbonyl (C=O) groups is 1. The van der Waals surface area contributed by atoms with E-state index in [1.54, 1.807) is 0 Å². The summed E-state index contributed by atoms with van der Waals surface area (Å²) in [4.78, 5) is 29.8. The molecule has 1 aliphatic heterocycles. The molecule has 1 aliphatic carbocycles. The van der Waals surface area contributed by atoms with E-state index < -0.39 is 5.92 Å². The highest BCUT2D eigenvalue weighted by atomic mass is 79.9. The van der Waals surface area contributed by atoms with Crippen LogP contribution in [0.3, 0.4) is 0 Å². The van der Waals surface area contributed by atoms with E-state index in [1.807, 2.05) is 24.3 Å². The van der Waals surface area contributed by atoms with Crippen LogP contribution in [0, 0.1) is 16.7 Å². The Kier molecular flexibility index (Phi) is 7.89. The van der Waals surface area contributed by atoms with Crippen molar-refractivity contribution in [1.82, 2.24) is 8.75 Å². The Bertz CT molecular complexity index is 1400. The van der Waals surface area contributed by atoms with Crippen LogP contribution < -0.4 is 0 Å². The van der Waals surface area contributed by atoms with Gasteiger partial charge < -0.3 is 0 Å². The first-order valence-corrected chi connectivity index (χ1v) is 16.0. The number of rotatable bonds is 9. The van der Waals surface area contributed by atoms with Crippen LogP contribution in [-0.2, 0) is 4.79 Å². The Morgan fingerprint density at radius 1 is 0.972 bits per heavy atom. The molecule has 0 amide bonds. The molecule has 0 saturated heterocycles. The van der Waals surface area contributed by atoms with Crippen LogP contribution in [0.5, 0.6) is 0 Å². The Morgan fingerprint density at radius 2 is 1.72 bits per heavy atom. The third-order valence-electron chi connectivity index (χ3n) is 6.79. The highest BCUT2D eigenvalue weighted by Gasteiger charge is 2.53. The van der Waals surface area contributed by atoms with Crippen LogP contribution in [0.15, 0.2) is 43.1 Å². The summed E-state index contributed by atoms with van der Waals surface area (Å²) in [5.74, 6) is 0.597. The number of thiophene rings is 2. The van der Waals surface area contributed by atoms with Crippen LogP contribution in [0.2, 0.25) is 0 Å². The maximum atomic E-state index is 14.2. The lowest BCUT2D eigenvalue weighted by atomic mass is 9.79. The van der Waals surface area contributed by atoms with E-state index in [4.69, 9.17) is 0 Å². The molecule has 36 heavy (non-hydrogen) atoms. The number of hydrogen-bond acceptors (Lipinski definition) is 7. The molecule has 10 heteroatoms. The van der Waals surface area contributed by atoms with Gasteiger partial charge in [0.25, 0.3) is 11.4 Å². The predicted molar refractivity (Wildman–Crippen MR) is 155 cm³/mol. The van der Waals surface area contributed by atoms with Gasteiger partial charge in [-0.05, 0) is 74.4 Å². The first-order chi connectivity index (χ1) is 17.3. The number of nitroso groups, excluding NO2 is 1. The zero-order valence-electron chi connectivity index (χ0n) is 20.2. The molecule has 0 radical (unpaired) electrons. The van der Waals surface area contributed by atoms with Crippen molar-refractivity contribution < 1.29 is 9.55 Å². The summed E-state index contributed by atoms with van der Waals surface area (Å²) >= 11 is 11.2. The second kappa shape index (κ2) is 10.8. The maximum absolute atomic E-state index is 14.2. The number of ketones is 1. The van der Waals surface area contributed by atoms with Crippen LogP contribution in [-0.4, -0.2) is 19.3 Å². The zero-order valence-corrected chi connectivity index (χ0v) is 25.8. The number of hydrogen-bond donors (Lipinski definition) is 0. The summed E-state index contributed by atoms with van der Waals surface area (Å²) < 4.78 is 12.1. The van der Waals surface area contributed by atoms with Gasteiger partial charge in [0.1, 0.15) is 22.1 Å². The van der Waals surface area contributed by atoms with Gasteiger partial charge in [-0.15, -0.1) is 22.7 Å². The quantitative estimate of drug-likeness (QED) is 0.214. The fourth-order valence-corrected chi connectivity index (χ4v) is 8.50. The van der Waals surface area contributed by atoms with Crippen molar-refractivity contribution in [3.63, 3.8) is 0 Å². The van der Waals surface area contributed by atoms with Gasteiger partial charge in [-0.2, -0.15) is 8.75 Å².